The Labute approximate surface area is 188 Å². The Morgan fingerprint density at radius 1 is 1.07 bits per heavy atom. The number of amides is 1. The van der Waals surface area contributed by atoms with Crippen LogP contribution in [0, 0.1) is 11.3 Å². The fraction of sp³-hybridized carbons (Fsp3) is 0.0833. The van der Waals surface area contributed by atoms with Crippen molar-refractivity contribution in [3.8, 4) is 11.8 Å². The van der Waals surface area contributed by atoms with Crippen LogP contribution in [0.2, 0.25) is 5.02 Å². The summed E-state index contributed by atoms with van der Waals surface area (Å²) in [6.45, 7) is 0.717. The van der Waals surface area contributed by atoms with Crippen molar-refractivity contribution >= 4 is 39.5 Å². The average Bonchev–Trinajstić information content (AvgIpc) is 2.76. The molecule has 1 amide bonds. The Morgan fingerprint density at radius 2 is 1.70 bits per heavy atom. The third kappa shape index (κ3) is 5.96. The number of hydrogen-bond donors (Lipinski definition) is 1. The van der Waals surface area contributed by atoms with Crippen molar-refractivity contribution in [3.05, 3.63) is 105 Å². The van der Waals surface area contributed by atoms with Gasteiger partial charge in [-0.25, -0.2) is 0 Å². The monoisotopic (exact) mass is 480 g/mol. The summed E-state index contributed by atoms with van der Waals surface area (Å²) in [5, 5.41) is 12.5. The van der Waals surface area contributed by atoms with E-state index in [2.05, 4.69) is 21.2 Å². The van der Waals surface area contributed by atoms with E-state index in [4.69, 9.17) is 16.3 Å². The molecular formula is C24H18BrClN2O2. The van der Waals surface area contributed by atoms with Crippen LogP contribution in [-0.4, -0.2) is 5.91 Å². The Morgan fingerprint density at radius 3 is 2.30 bits per heavy atom. The van der Waals surface area contributed by atoms with Gasteiger partial charge in [-0.1, -0.05) is 72.3 Å². The van der Waals surface area contributed by atoms with Crippen molar-refractivity contribution in [2.75, 3.05) is 0 Å². The molecule has 0 atom stereocenters. The van der Waals surface area contributed by atoms with Crippen molar-refractivity contribution in [2.45, 2.75) is 13.2 Å². The number of halogens is 2. The first-order valence-electron chi connectivity index (χ1n) is 9.16. The lowest BCUT2D eigenvalue weighted by Gasteiger charge is -2.11. The van der Waals surface area contributed by atoms with Crippen molar-refractivity contribution in [2.24, 2.45) is 0 Å². The first kappa shape index (κ1) is 21.6. The smallest absolute Gasteiger partial charge is 0.262 e. The number of carbonyl (C=O) groups is 1. The van der Waals surface area contributed by atoms with Gasteiger partial charge in [0.15, 0.2) is 5.75 Å². The molecule has 0 radical (unpaired) electrons. The minimum absolute atomic E-state index is 0.00754. The topological polar surface area (TPSA) is 62.1 Å². The first-order valence-corrected chi connectivity index (χ1v) is 10.3. The molecule has 0 saturated heterocycles. The van der Waals surface area contributed by atoms with Gasteiger partial charge in [-0.05, 0) is 50.8 Å². The average molecular weight is 482 g/mol. The molecule has 0 aliphatic carbocycles. The molecule has 0 aliphatic heterocycles. The maximum Gasteiger partial charge on any atom is 0.262 e. The van der Waals surface area contributed by atoms with E-state index in [1.165, 1.54) is 6.08 Å². The largest absolute Gasteiger partial charge is 0.486 e. The number of hydrogen-bond acceptors (Lipinski definition) is 3. The van der Waals surface area contributed by atoms with Crippen LogP contribution in [0.5, 0.6) is 5.75 Å². The summed E-state index contributed by atoms with van der Waals surface area (Å²) in [7, 11) is 0. The van der Waals surface area contributed by atoms with Crippen LogP contribution in [0.1, 0.15) is 16.7 Å². The van der Waals surface area contributed by atoms with Gasteiger partial charge in [0.25, 0.3) is 5.91 Å². The fourth-order valence-electron chi connectivity index (χ4n) is 2.72. The Balaban J connectivity index is 1.71. The molecule has 3 rings (SSSR count). The fourth-order valence-corrected chi connectivity index (χ4v) is 3.71. The number of carbonyl (C=O) groups excluding carboxylic acids is 1. The lowest BCUT2D eigenvalue weighted by molar-refractivity contribution is -0.117. The minimum Gasteiger partial charge on any atom is -0.486 e. The zero-order chi connectivity index (χ0) is 21.3. The number of nitriles is 1. The molecule has 6 heteroatoms. The van der Waals surface area contributed by atoms with Gasteiger partial charge in [0.1, 0.15) is 18.2 Å². The van der Waals surface area contributed by atoms with E-state index in [1.54, 1.807) is 12.1 Å². The predicted molar refractivity (Wildman–Crippen MR) is 122 cm³/mol. The maximum atomic E-state index is 12.4. The van der Waals surface area contributed by atoms with Crippen LogP contribution in [0.3, 0.4) is 0 Å². The van der Waals surface area contributed by atoms with E-state index >= 15 is 0 Å². The maximum absolute atomic E-state index is 12.4. The second-order valence-corrected chi connectivity index (χ2v) is 7.69. The van der Waals surface area contributed by atoms with Gasteiger partial charge < -0.3 is 10.1 Å². The minimum atomic E-state index is -0.446. The Hall–Kier alpha value is -3.07. The Bertz CT molecular complexity index is 1070. The summed E-state index contributed by atoms with van der Waals surface area (Å²) in [5.41, 5.74) is 2.58. The highest BCUT2D eigenvalue weighted by Crippen LogP contribution is 2.35. The quantitative estimate of drug-likeness (QED) is 0.337. The van der Waals surface area contributed by atoms with Crippen LogP contribution in [0.15, 0.2) is 82.8 Å². The summed E-state index contributed by atoms with van der Waals surface area (Å²) in [6, 6.07) is 24.6. The number of ether oxygens (including phenoxy) is 1. The molecule has 0 saturated carbocycles. The van der Waals surface area contributed by atoms with E-state index in [0.29, 0.717) is 34.0 Å². The molecule has 0 fully saturated rings. The summed E-state index contributed by atoms with van der Waals surface area (Å²) >= 11 is 9.84. The van der Waals surface area contributed by atoms with Crippen molar-refractivity contribution < 1.29 is 9.53 Å². The molecule has 4 nitrogen and oxygen atoms in total. The third-order valence-corrected chi connectivity index (χ3v) is 5.09. The lowest BCUT2D eigenvalue weighted by atomic mass is 10.1. The first-order chi connectivity index (χ1) is 14.6. The predicted octanol–water partition coefficient (Wildman–Crippen LogP) is 5.90. The van der Waals surface area contributed by atoms with Gasteiger partial charge in [0.05, 0.1) is 9.50 Å². The van der Waals surface area contributed by atoms with Crippen LogP contribution in [0.25, 0.3) is 6.08 Å². The zero-order valence-corrected chi connectivity index (χ0v) is 18.3. The number of nitrogens with one attached hydrogen (secondary N) is 1. The van der Waals surface area contributed by atoms with E-state index in [1.807, 2.05) is 66.7 Å². The summed E-state index contributed by atoms with van der Waals surface area (Å²) < 4.78 is 6.47. The van der Waals surface area contributed by atoms with Gasteiger partial charge in [-0.3, -0.25) is 4.79 Å². The van der Waals surface area contributed by atoms with Crippen LogP contribution in [-0.2, 0) is 17.9 Å². The summed E-state index contributed by atoms with van der Waals surface area (Å²) in [4.78, 5) is 12.4. The second kappa shape index (κ2) is 10.6. The van der Waals surface area contributed by atoms with E-state index in [-0.39, 0.29) is 5.57 Å². The molecule has 0 aliphatic rings. The van der Waals surface area contributed by atoms with Crippen molar-refractivity contribution in [1.82, 2.24) is 5.32 Å². The van der Waals surface area contributed by atoms with Gasteiger partial charge >= 0.3 is 0 Å². The zero-order valence-electron chi connectivity index (χ0n) is 15.9. The molecule has 1 N–H and O–H groups in total. The summed E-state index contributed by atoms with van der Waals surface area (Å²) in [5.74, 6) is 0.0581. The third-order valence-electron chi connectivity index (χ3n) is 4.22. The molecule has 3 aromatic rings. The molecule has 0 heterocycles. The van der Waals surface area contributed by atoms with Gasteiger partial charge in [-0.15, -0.1) is 0 Å². The highest BCUT2D eigenvalue weighted by atomic mass is 79.9. The van der Waals surface area contributed by atoms with Crippen LogP contribution >= 0.6 is 27.5 Å². The number of nitrogens with zero attached hydrogens (tertiary/aromatic N) is 1. The van der Waals surface area contributed by atoms with Crippen LogP contribution in [0.4, 0.5) is 0 Å². The number of rotatable bonds is 7. The van der Waals surface area contributed by atoms with Gasteiger partial charge in [0.2, 0.25) is 0 Å². The van der Waals surface area contributed by atoms with Gasteiger partial charge in [-0.2, -0.15) is 5.26 Å². The molecule has 30 heavy (non-hydrogen) atoms. The summed E-state index contributed by atoms with van der Waals surface area (Å²) in [6.07, 6.45) is 1.50. The van der Waals surface area contributed by atoms with Crippen molar-refractivity contribution in [3.63, 3.8) is 0 Å². The van der Waals surface area contributed by atoms with E-state index in [9.17, 15) is 10.1 Å². The van der Waals surface area contributed by atoms with E-state index < -0.39 is 5.91 Å². The molecular weight excluding hydrogens is 464 g/mol. The highest BCUT2D eigenvalue weighted by Gasteiger charge is 2.12. The molecule has 150 valence electrons. The highest BCUT2D eigenvalue weighted by molar-refractivity contribution is 9.10. The standard InChI is InChI=1S/C24H18BrClN2O2/c25-21-12-19(13-22(26)23(21)30-16-18-9-5-2-6-10-18)11-20(14-27)24(29)28-15-17-7-3-1-4-8-17/h1-13H,15-16H2,(H,28,29)/b20-11-. The Kier molecular flexibility index (Phi) is 7.67. The number of benzene rings is 3. The molecule has 0 aromatic heterocycles. The van der Waals surface area contributed by atoms with Crippen LogP contribution < -0.4 is 10.1 Å². The van der Waals surface area contributed by atoms with E-state index in [0.717, 1.165) is 11.1 Å². The molecule has 0 unspecified atom stereocenters. The second-order valence-electron chi connectivity index (χ2n) is 6.43. The van der Waals surface area contributed by atoms with Gasteiger partial charge in [0, 0.05) is 6.54 Å². The van der Waals surface area contributed by atoms with Crippen molar-refractivity contribution in [1.29, 1.82) is 5.26 Å². The normalized spacial score (nSPS) is 10.9. The lowest BCUT2D eigenvalue weighted by Crippen LogP contribution is -2.23. The SMILES string of the molecule is N#C/C(=C/c1cc(Cl)c(OCc2ccccc2)c(Br)c1)C(=O)NCc1ccccc1. The molecule has 3 aromatic carbocycles. The molecule has 0 spiro atoms. The molecule has 0 bridgehead atoms.